The van der Waals surface area contributed by atoms with Gasteiger partial charge in [-0.1, -0.05) is 42.5 Å². The van der Waals surface area contributed by atoms with E-state index < -0.39 is 0 Å². The van der Waals surface area contributed by atoms with Gasteiger partial charge in [-0.15, -0.1) is 0 Å². The van der Waals surface area contributed by atoms with Gasteiger partial charge in [0.05, 0.1) is 18.3 Å². The Morgan fingerprint density at radius 2 is 1.79 bits per heavy atom. The van der Waals surface area contributed by atoms with Crippen molar-refractivity contribution in [3.63, 3.8) is 0 Å². The van der Waals surface area contributed by atoms with Gasteiger partial charge in [-0.25, -0.2) is 0 Å². The van der Waals surface area contributed by atoms with Crippen molar-refractivity contribution in [1.29, 1.82) is 0 Å². The highest BCUT2D eigenvalue weighted by atomic mass is 16.3. The minimum Gasteiger partial charge on any atom is -0.396 e. The summed E-state index contributed by atoms with van der Waals surface area (Å²) in [5.41, 5.74) is 3.40. The van der Waals surface area contributed by atoms with Crippen molar-refractivity contribution in [2.75, 3.05) is 11.9 Å². The molecule has 1 heterocycles. The molecule has 0 aliphatic heterocycles. The van der Waals surface area contributed by atoms with Crippen molar-refractivity contribution < 1.29 is 9.90 Å². The highest BCUT2D eigenvalue weighted by molar-refractivity contribution is 6.03. The van der Waals surface area contributed by atoms with Crippen LogP contribution in [-0.2, 0) is 13.0 Å². The Morgan fingerprint density at radius 3 is 2.50 bits per heavy atom. The van der Waals surface area contributed by atoms with E-state index in [1.54, 1.807) is 17.1 Å². The minimum atomic E-state index is -0.191. The lowest BCUT2D eigenvalue weighted by molar-refractivity contribution is 0.102. The number of carbonyl (C=O) groups is 1. The summed E-state index contributed by atoms with van der Waals surface area (Å²) in [5, 5.41) is 16.0. The molecule has 0 saturated heterocycles. The summed E-state index contributed by atoms with van der Waals surface area (Å²) in [6, 6.07) is 17.4. The molecule has 1 amide bonds. The van der Waals surface area contributed by atoms with Crippen LogP contribution in [0.4, 0.5) is 5.69 Å². The zero-order chi connectivity index (χ0) is 16.8. The van der Waals surface area contributed by atoms with Gasteiger partial charge in [0, 0.05) is 18.5 Å². The van der Waals surface area contributed by atoms with Gasteiger partial charge in [0.1, 0.15) is 0 Å². The maximum Gasteiger partial charge on any atom is 0.258 e. The molecule has 0 aliphatic carbocycles. The Hall–Kier alpha value is -2.92. The van der Waals surface area contributed by atoms with Crippen LogP contribution in [0.1, 0.15) is 21.5 Å². The first kappa shape index (κ1) is 16.0. The van der Waals surface area contributed by atoms with Crippen LogP contribution in [0.3, 0.4) is 0 Å². The summed E-state index contributed by atoms with van der Waals surface area (Å²) < 4.78 is 1.74. The molecule has 3 aromatic rings. The Balaban J connectivity index is 1.63. The van der Waals surface area contributed by atoms with Crippen molar-refractivity contribution in [3.05, 3.63) is 83.7 Å². The smallest absolute Gasteiger partial charge is 0.258 e. The largest absolute Gasteiger partial charge is 0.396 e. The lowest BCUT2D eigenvalue weighted by atomic mass is 10.1. The SMILES string of the molecule is O=C(Nc1ccc(CCO)cc1)c1cnn(Cc2ccccc2)c1. The fourth-order valence-electron chi connectivity index (χ4n) is 2.42. The topological polar surface area (TPSA) is 67.2 Å². The average molecular weight is 321 g/mol. The molecule has 0 atom stereocenters. The second kappa shape index (κ2) is 7.57. The molecule has 0 aliphatic rings. The van der Waals surface area contributed by atoms with Gasteiger partial charge in [-0.05, 0) is 29.7 Å². The maximum absolute atomic E-state index is 12.3. The summed E-state index contributed by atoms with van der Waals surface area (Å²) in [6.07, 6.45) is 3.92. The van der Waals surface area contributed by atoms with Gasteiger partial charge in [-0.2, -0.15) is 5.10 Å². The molecule has 24 heavy (non-hydrogen) atoms. The van der Waals surface area contributed by atoms with Crippen LogP contribution in [0, 0.1) is 0 Å². The Kier molecular flexibility index (Phi) is 5.03. The molecule has 1 aromatic heterocycles. The zero-order valence-corrected chi connectivity index (χ0v) is 13.2. The van der Waals surface area contributed by atoms with E-state index in [0.29, 0.717) is 18.5 Å². The molecule has 2 aromatic carbocycles. The number of aliphatic hydroxyl groups excluding tert-OH is 1. The summed E-state index contributed by atoms with van der Waals surface area (Å²) in [5.74, 6) is -0.191. The summed E-state index contributed by atoms with van der Waals surface area (Å²) in [6.45, 7) is 0.746. The summed E-state index contributed by atoms with van der Waals surface area (Å²) >= 11 is 0. The Labute approximate surface area is 140 Å². The first-order valence-electron chi connectivity index (χ1n) is 7.82. The number of nitrogens with zero attached hydrogens (tertiary/aromatic N) is 2. The van der Waals surface area contributed by atoms with Crippen LogP contribution in [-0.4, -0.2) is 27.4 Å². The molecule has 5 nitrogen and oxygen atoms in total. The van der Waals surface area contributed by atoms with E-state index in [1.807, 2.05) is 54.6 Å². The van der Waals surface area contributed by atoms with Crippen LogP contribution in [0.5, 0.6) is 0 Å². The molecule has 2 N–H and O–H groups in total. The van der Waals surface area contributed by atoms with Gasteiger partial charge in [0.2, 0.25) is 0 Å². The number of nitrogens with one attached hydrogen (secondary N) is 1. The third-order valence-corrected chi connectivity index (χ3v) is 3.70. The molecule has 0 fully saturated rings. The van der Waals surface area contributed by atoms with E-state index in [2.05, 4.69) is 10.4 Å². The number of hydrogen-bond acceptors (Lipinski definition) is 3. The second-order valence-electron chi connectivity index (χ2n) is 5.54. The number of anilines is 1. The summed E-state index contributed by atoms with van der Waals surface area (Å²) in [4.78, 5) is 12.3. The number of aliphatic hydroxyl groups is 1. The molecule has 0 radical (unpaired) electrons. The van der Waals surface area contributed by atoms with Crippen LogP contribution < -0.4 is 5.32 Å². The predicted octanol–water partition coefficient (Wildman–Crippen LogP) is 2.72. The van der Waals surface area contributed by atoms with E-state index >= 15 is 0 Å². The van der Waals surface area contributed by atoms with Gasteiger partial charge in [0.25, 0.3) is 5.91 Å². The van der Waals surface area contributed by atoms with Crippen molar-refractivity contribution in [1.82, 2.24) is 9.78 Å². The normalized spacial score (nSPS) is 10.5. The van der Waals surface area contributed by atoms with E-state index in [-0.39, 0.29) is 12.5 Å². The van der Waals surface area contributed by atoms with Crippen molar-refractivity contribution in [2.45, 2.75) is 13.0 Å². The van der Waals surface area contributed by atoms with Crippen LogP contribution in [0.25, 0.3) is 0 Å². The Morgan fingerprint density at radius 1 is 1.04 bits per heavy atom. The standard InChI is InChI=1S/C19H19N3O2/c23-11-10-15-6-8-18(9-7-15)21-19(24)17-12-20-22(14-17)13-16-4-2-1-3-5-16/h1-9,12,14,23H,10-11,13H2,(H,21,24). The number of hydrogen-bond donors (Lipinski definition) is 2. The van der Waals surface area contributed by atoms with Crippen LogP contribution in [0.15, 0.2) is 67.0 Å². The highest BCUT2D eigenvalue weighted by Gasteiger charge is 2.09. The zero-order valence-electron chi connectivity index (χ0n) is 13.2. The lowest BCUT2D eigenvalue weighted by Crippen LogP contribution is -2.11. The van der Waals surface area contributed by atoms with E-state index in [0.717, 1.165) is 16.8 Å². The lowest BCUT2D eigenvalue weighted by Gasteiger charge is -2.05. The molecule has 3 rings (SSSR count). The number of amides is 1. The monoisotopic (exact) mass is 321 g/mol. The first-order valence-corrected chi connectivity index (χ1v) is 7.82. The highest BCUT2D eigenvalue weighted by Crippen LogP contribution is 2.12. The molecule has 0 unspecified atom stereocenters. The number of carbonyl (C=O) groups excluding carboxylic acids is 1. The molecular formula is C19H19N3O2. The Bertz CT molecular complexity index is 795. The van der Waals surface area contributed by atoms with Crippen molar-refractivity contribution >= 4 is 11.6 Å². The van der Waals surface area contributed by atoms with Crippen LogP contribution >= 0.6 is 0 Å². The van der Waals surface area contributed by atoms with Crippen molar-refractivity contribution in [2.24, 2.45) is 0 Å². The van der Waals surface area contributed by atoms with Gasteiger partial charge < -0.3 is 10.4 Å². The predicted molar refractivity (Wildman–Crippen MR) is 93.0 cm³/mol. The molecule has 5 heteroatoms. The van der Waals surface area contributed by atoms with E-state index in [1.165, 1.54) is 0 Å². The summed E-state index contributed by atoms with van der Waals surface area (Å²) in [7, 11) is 0. The fraction of sp³-hybridized carbons (Fsp3) is 0.158. The van der Waals surface area contributed by atoms with Gasteiger partial charge in [0.15, 0.2) is 0 Å². The first-order chi connectivity index (χ1) is 11.7. The third-order valence-electron chi connectivity index (χ3n) is 3.70. The number of rotatable bonds is 6. The second-order valence-corrected chi connectivity index (χ2v) is 5.54. The van der Waals surface area contributed by atoms with Crippen LogP contribution in [0.2, 0.25) is 0 Å². The molecule has 122 valence electrons. The van der Waals surface area contributed by atoms with E-state index in [4.69, 9.17) is 5.11 Å². The number of aromatic nitrogens is 2. The maximum atomic E-state index is 12.3. The molecule has 0 bridgehead atoms. The molecule has 0 spiro atoms. The van der Waals surface area contributed by atoms with Gasteiger partial charge >= 0.3 is 0 Å². The molecular weight excluding hydrogens is 302 g/mol. The third kappa shape index (κ3) is 4.08. The van der Waals surface area contributed by atoms with Crippen molar-refractivity contribution in [3.8, 4) is 0 Å². The fourth-order valence-corrected chi connectivity index (χ4v) is 2.42. The van der Waals surface area contributed by atoms with E-state index in [9.17, 15) is 4.79 Å². The van der Waals surface area contributed by atoms with Gasteiger partial charge in [-0.3, -0.25) is 9.48 Å². The number of benzene rings is 2. The average Bonchev–Trinajstić information content (AvgIpc) is 3.06. The quantitative estimate of drug-likeness (QED) is 0.733. The molecule has 0 saturated carbocycles. The minimum absolute atomic E-state index is 0.117.